The highest BCUT2D eigenvalue weighted by atomic mass is 16.5. The van der Waals surface area contributed by atoms with Crippen LogP contribution in [0.15, 0.2) is 4.99 Å². The van der Waals surface area contributed by atoms with Gasteiger partial charge in [-0.3, -0.25) is 9.89 Å². The molecule has 1 fully saturated rings. The Bertz CT molecular complexity index is 268. The largest absolute Gasteiger partial charge is 0.382 e. The molecule has 1 saturated heterocycles. The first kappa shape index (κ1) is 18.2. The molecule has 0 amide bonds. The summed E-state index contributed by atoms with van der Waals surface area (Å²) in [6.07, 6.45) is 2.14. The third kappa shape index (κ3) is 9.66. The van der Waals surface area contributed by atoms with Crippen LogP contribution in [0.1, 0.15) is 26.7 Å². The monoisotopic (exact) mass is 300 g/mol. The standard InChI is InChI=1S/C15H32N4O2/c1-3-16-15(17-7-5-6-12-20-4-2)18-8-9-19-10-13-21-14-11-19/h3-14H2,1-2H3,(H2,16,17,18). The normalized spacial score (nSPS) is 17.0. The van der Waals surface area contributed by atoms with E-state index < -0.39 is 0 Å². The molecule has 1 aliphatic heterocycles. The summed E-state index contributed by atoms with van der Waals surface area (Å²) in [5.41, 5.74) is 0. The minimum absolute atomic E-state index is 0.801. The van der Waals surface area contributed by atoms with Crippen molar-refractivity contribution in [2.75, 3.05) is 65.7 Å². The molecule has 0 unspecified atom stereocenters. The molecule has 0 saturated carbocycles. The van der Waals surface area contributed by atoms with Crippen LogP contribution in [0.4, 0.5) is 0 Å². The molecule has 0 aromatic rings. The molecule has 0 spiro atoms. The van der Waals surface area contributed by atoms with Crippen molar-refractivity contribution in [1.29, 1.82) is 0 Å². The molecule has 0 aliphatic carbocycles. The lowest BCUT2D eigenvalue weighted by molar-refractivity contribution is 0.0389. The van der Waals surface area contributed by atoms with E-state index in [1.807, 2.05) is 6.92 Å². The first-order valence-electron chi connectivity index (χ1n) is 8.26. The first-order chi connectivity index (χ1) is 10.4. The minimum Gasteiger partial charge on any atom is -0.382 e. The second kappa shape index (κ2) is 12.9. The van der Waals surface area contributed by atoms with Crippen molar-refractivity contribution in [3.8, 4) is 0 Å². The van der Waals surface area contributed by atoms with Crippen LogP contribution in [-0.4, -0.2) is 76.6 Å². The Morgan fingerprint density at radius 2 is 2.00 bits per heavy atom. The van der Waals surface area contributed by atoms with Gasteiger partial charge in [-0.05, 0) is 26.7 Å². The van der Waals surface area contributed by atoms with Crippen LogP contribution < -0.4 is 10.6 Å². The predicted octanol–water partition coefficient (Wildman–Crippen LogP) is 0.690. The van der Waals surface area contributed by atoms with Gasteiger partial charge in [-0.25, -0.2) is 0 Å². The maximum absolute atomic E-state index is 5.35. The lowest BCUT2D eigenvalue weighted by Gasteiger charge is -2.26. The van der Waals surface area contributed by atoms with Gasteiger partial charge < -0.3 is 20.1 Å². The molecule has 0 radical (unpaired) electrons. The van der Waals surface area contributed by atoms with E-state index >= 15 is 0 Å². The highest BCUT2D eigenvalue weighted by molar-refractivity contribution is 5.79. The fourth-order valence-corrected chi connectivity index (χ4v) is 2.15. The summed E-state index contributed by atoms with van der Waals surface area (Å²) in [5.74, 6) is 0.919. The number of nitrogens with one attached hydrogen (secondary N) is 2. The van der Waals surface area contributed by atoms with Crippen molar-refractivity contribution in [2.24, 2.45) is 4.99 Å². The van der Waals surface area contributed by atoms with Crippen molar-refractivity contribution in [1.82, 2.24) is 15.5 Å². The van der Waals surface area contributed by atoms with Crippen LogP contribution in [-0.2, 0) is 9.47 Å². The first-order valence-corrected chi connectivity index (χ1v) is 8.26. The highest BCUT2D eigenvalue weighted by Gasteiger charge is 2.09. The summed E-state index contributed by atoms with van der Waals surface area (Å²) in [7, 11) is 0. The number of ether oxygens (including phenoxy) is 2. The lowest BCUT2D eigenvalue weighted by atomic mass is 10.3. The van der Waals surface area contributed by atoms with E-state index in [-0.39, 0.29) is 0 Å². The molecule has 0 aromatic heterocycles. The molecule has 1 heterocycles. The van der Waals surface area contributed by atoms with E-state index in [0.717, 1.165) is 84.5 Å². The van der Waals surface area contributed by atoms with E-state index in [9.17, 15) is 0 Å². The zero-order chi connectivity index (χ0) is 15.2. The van der Waals surface area contributed by atoms with E-state index in [2.05, 4.69) is 27.4 Å². The van der Waals surface area contributed by atoms with Crippen LogP contribution in [0.5, 0.6) is 0 Å². The maximum Gasteiger partial charge on any atom is 0.191 e. The second-order valence-corrected chi connectivity index (χ2v) is 5.05. The zero-order valence-electron chi connectivity index (χ0n) is 13.7. The number of guanidine groups is 1. The van der Waals surface area contributed by atoms with Crippen LogP contribution in [0.3, 0.4) is 0 Å². The third-order valence-electron chi connectivity index (χ3n) is 3.34. The maximum atomic E-state index is 5.35. The third-order valence-corrected chi connectivity index (χ3v) is 3.34. The smallest absolute Gasteiger partial charge is 0.191 e. The van der Waals surface area contributed by atoms with Crippen molar-refractivity contribution in [3.63, 3.8) is 0 Å². The van der Waals surface area contributed by atoms with Gasteiger partial charge in [0.15, 0.2) is 5.96 Å². The number of morpholine rings is 1. The molecule has 1 rings (SSSR count). The summed E-state index contributed by atoms with van der Waals surface area (Å²) in [6.45, 7) is 13.2. The molecule has 21 heavy (non-hydrogen) atoms. The molecular formula is C15H32N4O2. The quantitative estimate of drug-likeness (QED) is 0.353. The second-order valence-electron chi connectivity index (χ2n) is 5.05. The Morgan fingerprint density at radius 3 is 2.71 bits per heavy atom. The van der Waals surface area contributed by atoms with Crippen LogP contribution in [0, 0.1) is 0 Å². The number of nitrogens with zero attached hydrogens (tertiary/aromatic N) is 2. The van der Waals surface area contributed by atoms with Crippen LogP contribution in [0.2, 0.25) is 0 Å². The van der Waals surface area contributed by atoms with Gasteiger partial charge in [-0.15, -0.1) is 0 Å². The predicted molar refractivity (Wildman–Crippen MR) is 87.0 cm³/mol. The molecular weight excluding hydrogens is 268 g/mol. The molecule has 2 N–H and O–H groups in total. The number of hydrogen-bond donors (Lipinski definition) is 2. The average molecular weight is 300 g/mol. The molecule has 6 nitrogen and oxygen atoms in total. The van der Waals surface area contributed by atoms with Gasteiger partial charge >= 0.3 is 0 Å². The van der Waals surface area contributed by atoms with E-state index in [1.54, 1.807) is 0 Å². The van der Waals surface area contributed by atoms with Crippen LogP contribution >= 0.6 is 0 Å². The molecule has 0 aromatic carbocycles. The van der Waals surface area contributed by atoms with Gasteiger partial charge in [0.25, 0.3) is 0 Å². The summed E-state index contributed by atoms with van der Waals surface area (Å²) in [4.78, 5) is 7.01. The molecule has 0 bridgehead atoms. The fraction of sp³-hybridized carbons (Fsp3) is 0.933. The number of hydrogen-bond acceptors (Lipinski definition) is 4. The van der Waals surface area contributed by atoms with Crippen molar-refractivity contribution < 1.29 is 9.47 Å². The van der Waals surface area contributed by atoms with Crippen molar-refractivity contribution in [2.45, 2.75) is 26.7 Å². The Balaban J connectivity index is 2.12. The molecule has 6 heteroatoms. The van der Waals surface area contributed by atoms with Crippen molar-refractivity contribution >= 4 is 5.96 Å². The lowest BCUT2D eigenvalue weighted by Crippen LogP contribution is -2.44. The highest BCUT2D eigenvalue weighted by Crippen LogP contribution is 1.95. The summed E-state index contributed by atoms with van der Waals surface area (Å²) < 4.78 is 10.7. The molecule has 124 valence electrons. The molecule has 0 atom stereocenters. The summed E-state index contributed by atoms with van der Waals surface area (Å²) in [6, 6.07) is 0. The molecule has 1 aliphatic rings. The summed E-state index contributed by atoms with van der Waals surface area (Å²) >= 11 is 0. The summed E-state index contributed by atoms with van der Waals surface area (Å²) in [5, 5.41) is 6.68. The minimum atomic E-state index is 0.801. The van der Waals surface area contributed by atoms with E-state index in [0.29, 0.717) is 0 Å². The van der Waals surface area contributed by atoms with Gasteiger partial charge in [0.1, 0.15) is 0 Å². The fourth-order valence-electron chi connectivity index (χ4n) is 2.15. The number of unbranched alkanes of at least 4 members (excludes halogenated alkanes) is 1. The Kier molecular flexibility index (Phi) is 11.1. The van der Waals surface area contributed by atoms with Gasteiger partial charge in [0, 0.05) is 52.5 Å². The van der Waals surface area contributed by atoms with Gasteiger partial charge in [-0.2, -0.15) is 0 Å². The Hall–Kier alpha value is -0.850. The van der Waals surface area contributed by atoms with Crippen molar-refractivity contribution in [3.05, 3.63) is 0 Å². The van der Waals surface area contributed by atoms with Gasteiger partial charge in [-0.1, -0.05) is 0 Å². The number of rotatable bonds is 10. The number of aliphatic imine (C=N–C) groups is 1. The van der Waals surface area contributed by atoms with E-state index in [1.165, 1.54) is 0 Å². The van der Waals surface area contributed by atoms with Gasteiger partial charge in [0.05, 0.1) is 13.2 Å². The Morgan fingerprint density at radius 1 is 1.19 bits per heavy atom. The van der Waals surface area contributed by atoms with Crippen LogP contribution in [0.25, 0.3) is 0 Å². The van der Waals surface area contributed by atoms with E-state index in [4.69, 9.17) is 9.47 Å². The topological polar surface area (TPSA) is 58.1 Å². The zero-order valence-corrected chi connectivity index (χ0v) is 13.7. The van der Waals surface area contributed by atoms with Gasteiger partial charge in [0.2, 0.25) is 0 Å². The average Bonchev–Trinajstić information content (AvgIpc) is 2.51. The Labute approximate surface area is 129 Å². The SMILES string of the molecule is CCNC(=NCCCCOCC)NCCN1CCOCC1.